The smallest absolute Gasteiger partial charge is 0.407 e. The summed E-state index contributed by atoms with van der Waals surface area (Å²) in [6.07, 6.45) is 2.73. The lowest BCUT2D eigenvalue weighted by Gasteiger charge is -2.36. The highest BCUT2D eigenvalue weighted by Gasteiger charge is 2.31. The van der Waals surface area contributed by atoms with E-state index in [-0.39, 0.29) is 12.1 Å². The molecule has 124 valence electrons. The second-order valence-corrected chi connectivity index (χ2v) is 7.26. The molecule has 0 bridgehead atoms. The van der Waals surface area contributed by atoms with Crippen molar-refractivity contribution in [2.45, 2.75) is 71.6 Å². The maximum absolute atomic E-state index is 11.6. The Hall–Kier alpha value is -0.810. The number of carbonyl (C=O) groups is 1. The molecule has 0 saturated heterocycles. The van der Waals surface area contributed by atoms with E-state index in [0.29, 0.717) is 12.0 Å². The largest absolute Gasteiger partial charge is 0.444 e. The molecule has 0 radical (unpaired) electrons. The van der Waals surface area contributed by atoms with Gasteiger partial charge in [0.2, 0.25) is 0 Å². The van der Waals surface area contributed by atoms with E-state index in [4.69, 9.17) is 9.47 Å². The summed E-state index contributed by atoms with van der Waals surface area (Å²) in [7, 11) is 0. The van der Waals surface area contributed by atoms with Gasteiger partial charge in [0.05, 0.1) is 6.61 Å². The van der Waals surface area contributed by atoms with E-state index in [0.717, 1.165) is 39.0 Å². The van der Waals surface area contributed by atoms with Crippen molar-refractivity contribution in [3.8, 4) is 0 Å². The molecule has 0 atom stereocenters. The fourth-order valence-electron chi connectivity index (χ4n) is 2.13. The van der Waals surface area contributed by atoms with Gasteiger partial charge in [-0.1, -0.05) is 13.8 Å². The fourth-order valence-corrected chi connectivity index (χ4v) is 2.13. The Morgan fingerprint density at radius 1 is 1.19 bits per heavy atom. The molecule has 21 heavy (non-hydrogen) atoms. The van der Waals surface area contributed by atoms with Gasteiger partial charge < -0.3 is 20.1 Å². The van der Waals surface area contributed by atoms with Crippen LogP contribution in [0, 0.1) is 5.92 Å². The Kier molecular flexibility index (Phi) is 7.46. The van der Waals surface area contributed by atoms with Crippen LogP contribution in [0.3, 0.4) is 0 Å². The monoisotopic (exact) mass is 300 g/mol. The van der Waals surface area contributed by atoms with Crippen LogP contribution in [-0.4, -0.2) is 43.5 Å². The minimum absolute atomic E-state index is 0.235. The molecule has 0 aromatic rings. The van der Waals surface area contributed by atoms with E-state index in [1.807, 2.05) is 20.8 Å². The summed E-state index contributed by atoms with van der Waals surface area (Å²) in [5.74, 6) is 0.698. The summed E-state index contributed by atoms with van der Waals surface area (Å²) >= 11 is 0. The maximum atomic E-state index is 11.6. The number of hydrogen-bond donors (Lipinski definition) is 2. The number of alkyl carbamates (subject to hydrolysis) is 1. The first-order chi connectivity index (χ1) is 9.76. The first-order valence-corrected chi connectivity index (χ1v) is 8.07. The SMILES string of the molecule is CC(C)CCOCCNC1CC(NC(=O)OC(C)(C)C)C1. The van der Waals surface area contributed by atoms with Gasteiger partial charge in [0.15, 0.2) is 0 Å². The van der Waals surface area contributed by atoms with Gasteiger partial charge in [-0.3, -0.25) is 0 Å². The lowest BCUT2D eigenvalue weighted by Crippen LogP contribution is -2.53. The van der Waals surface area contributed by atoms with Crippen molar-refractivity contribution in [1.82, 2.24) is 10.6 Å². The molecular weight excluding hydrogens is 268 g/mol. The molecule has 1 amide bonds. The van der Waals surface area contributed by atoms with Crippen molar-refractivity contribution in [2.24, 2.45) is 5.92 Å². The zero-order chi connectivity index (χ0) is 15.9. The molecule has 1 fully saturated rings. The molecular formula is C16H32N2O3. The summed E-state index contributed by atoms with van der Waals surface area (Å²) in [4.78, 5) is 11.6. The van der Waals surface area contributed by atoms with Crippen LogP contribution in [0.1, 0.15) is 53.9 Å². The van der Waals surface area contributed by atoms with Crippen LogP contribution < -0.4 is 10.6 Å². The van der Waals surface area contributed by atoms with Gasteiger partial charge in [0, 0.05) is 25.2 Å². The van der Waals surface area contributed by atoms with E-state index >= 15 is 0 Å². The van der Waals surface area contributed by atoms with Crippen LogP contribution in [0.25, 0.3) is 0 Å². The summed E-state index contributed by atoms with van der Waals surface area (Å²) < 4.78 is 10.8. The highest BCUT2D eigenvalue weighted by atomic mass is 16.6. The van der Waals surface area contributed by atoms with Crippen molar-refractivity contribution in [1.29, 1.82) is 0 Å². The molecule has 5 nitrogen and oxygen atoms in total. The zero-order valence-corrected chi connectivity index (χ0v) is 14.2. The van der Waals surface area contributed by atoms with Crippen LogP contribution in [0.5, 0.6) is 0 Å². The number of ether oxygens (including phenoxy) is 2. The van der Waals surface area contributed by atoms with Gasteiger partial charge in [-0.05, 0) is 46.0 Å². The Bertz CT molecular complexity index is 307. The number of hydrogen-bond acceptors (Lipinski definition) is 4. The Morgan fingerprint density at radius 3 is 2.43 bits per heavy atom. The van der Waals surface area contributed by atoms with Gasteiger partial charge >= 0.3 is 6.09 Å². The molecule has 0 aromatic carbocycles. The highest BCUT2D eigenvalue weighted by molar-refractivity contribution is 5.68. The van der Waals surface area contributed by atoms with Crippen LogP contribution in [0.4, 0.5) is 4.79 Å². The number of amides is 1. The minimum Gasteiger partial charge on any atom is -0.444 e. The average molecular weight is 300 g/mol. The Balaban J connectivity index is 1.95. The molecule has 1 rings (SSSR count). The standard InChI is InChI=1S/C16H32N2O3/c1-12(2)6-8-20-9-7-17-13-10-14(11-13)18-15(19)21-16(3,4)5/h12-14,17H,6-11H2,1-5H3,(H,18,19). The quantitative estimate of drug-likeness (QED) is 0.677. The fraction of sp³-hybridized carbons (Fsp3) is 0.938. The van der Waals surface area contributed by atoms with Crippen LogP contribution in [0.15, 0.2) is 0 Å². The summed E-state index contributed by atoms with van der Waals surface area (Å²) in [6.45, 7) is 12.5. The molecule has 1 aliphatic carbocycles. The van der Waals surface area contributed by atoms with Gasteiger partial charge in [0.1, 0.15) is 5.60 Å². The third-order valence-corrected chi connectivity index (χ3v) is 3.38. The van der Waals surface area contributed by atoms with Gasteiger partial charge in [0.25, 0.3) is 0 Å². The molecule has 5 heteroatoms. The summed E-state index contributed by atoms with van der Waals surface area (Å²) in [5, 5.41) is 6.34. The van der Waals surface area contributed by atoms with E-state index in [1.165, 1.54) is 0 Å². The molecule has 0 heterocycles. The normalized spacial score (nSPS) is 22.0. The summed E-state index contributed by atoms with van der Waals surface area (Å²) in [5.41, 5.74) is -0.432. The zero-order valence-electron chi connectivity index (χ0n) is 14.2. The highest BCUT2D eigenvalue weighted by Crippen LogP contribution is 2.20. The second-order valence-electron chi connectivity index (χ2n) is 7.26. The Morgan fingerprint density at radius 2 is 1.86 bits per heavy atom. The summed E-state index contributed by atoms with van der Waals surface area (Å²) in [6, 6.07) is 0.720. The minimum atomic E-state index is -0.432. The lowest BCUT2D eigenvalue weighted by molar-refractivity contribution is 0.0461. The van der Waals surface area contributed by atoms with Crippen molar-refractivity contribution >= 4 is 6.09 Å². The van der Waals surface area contributed by atoms with Gasteiger partial charge in [-0.2, -0.15) is 0 Å². The maximum Gasteiger partial charge on any atom is 0.407 e. The van der Waals surface area contributed by atoms with Gasteiger partial charge in [-0.15, -0.1) is 0 Å². The van der Waals surface area contributed by atoms with Crippen molar-refractivity contribution < 1.29 is 14.3 Å². The predicted octanol–water partition coefficient (Wildman–Crippen LogP) is 2.69. The molecule has 0 unspecified atom stereocenters. The van der Waals surface area contributed by atoms with Crippen LogP contribution in [-0.2, 0) is 9.47 Å². The van der Waals surface area contributed by atoms with E-state index in [1.54, 1.807) is 0 Å². The van der Waals surface area contributed by atoms with Crippen molar-refractivity contribution in [3.63, 3.8) is 0 Å². The molecule has 0 aliphatic heterocycles. The van der Waals surface area contributed by atoms with E-state index in [9.17, 15) is 4.79 Å². The van der Waals surface area contributed by atoms with Crippen molar-refractivity contribution in [3.05, 3.63) is 0 Å². The first kappa shape index (κ1) is 18.2. The topological polar surface area (TPSA) is 59.6 Å². The van der Waals surface area contributed by atoms with Crippen molar-refractivity contribution in [2.75, 3.05) is 19.8 Å². The number of nitrogens with one attached hydrogen (secondary N) is 2. The lowest BCUT2D eigenvalue weighted by atomic mass is 9.87. The third-order valence-electron chi connectivity index (χ3n) is 3.38. The van der Waals surface area contributed by atoms with Crippen LogP contribution in [0.2, 0.25) is 0 Å². The third kappa shape index (κ3) is 8.94. The molecule has 2 N–H and O–H groups in total. The number of rotatable bonds is 8. The van der Waals surface area contributed by atoms with E-state index in [2.05, 4.69) is 24.5 Å². The number of carbonyl (C=O) groups excluding carboxylic acids is 1. The molecule has 1 aliphatic rings. The Labute approximate surface area is 129 Å². The van der Waals surface area contributed by atoms with Gasteiger partial charge in [-0.25, -0.2) is 4.79 Å². The molecule has 0 spiro atoms. The average Bonchev–Trinajstić information content (AvgIpc) is 2.26. The van der Waals surface area contributed by atoms with E-state index < -0.39 is 5.60 Å². The molecule has 0 aromatic heterocycles. The first-order valence-electron chi connectivity index (χ1n) is 8.07. The predicted molar refractivity (Wildman–Crippen MR) is 84.5 cm³/mol. The second kappa shape index (κ2) is 8.59. The van der Waals surface area contributed by atoms with Crippen LogP contribution >= 0.6 is 0 Å². The molecule has 1 saturated carbocycles.